The molecule has 1 saturated carbocycles. The van der Waals surface area contributed by atoms with Crippen molar-refractivity contribution in [2.75, 3.05) is 13.7 Å². The molecule has 0 heterocycles. The Labute approximate surface area is 121 Å². The van der Waals surface area contributed by atoms with Crippen LogP contribution >= 0.6 is 0 Å². The van der Waals surface area contributed by atoms with Crippen LogP contribution in [0.2, 0.25) is 0 Å². The molecule has 1 fully saturated rings. The molecule has 0 unspecified atom stereocenters. The van der Waals surface area contributed by atoms with Gasteiger partial charge in [0.05, 0.1) is 12.2 Å². The molecule has 1 amide bonds. The highest BCUT2D eigenvalue weighted by molar-refractivity contribution is 5.97. The molecule has 1 aliphatic rings. The molecule has 2 rings (SSSR count). The number of para-hydroxylation sites is 1. The molecule has 0 atom stereocenters. The summed E-state index contributed by atoms with van der Waals surface area (Å²) >= 11 is 0. The van der Waals surface area contributed by atoms with E-state index in [9.17, 15) is 4.79 Å². The molecular weight excluding hydrogens is 250 g/mol. The number of carbonyl (C=O) groups is 1. The molecular formula is C17H25NO2. The standard InChI is InChI=1S/C17H25NO2/c1-3-20-16-13-9-8-12-15(16)17(19)18(2)14-10-6-4-5-7-11-14/h8-9,12-14H,3-7,10-11H2,1-2H3. The summed E-state index contributed by atoms with van der Waals surface area (Å²) in [6.07, 6.45) is 7.31. The van der Waals surface area contributed by atoms with Gasteiger partial charge in [-0.2, -0.15) is 0 Å². The van der Waals surface area contributed by atoms with Crippen LogP contribution in [0.3, 0.4) is 0 Å². The number of carbonyl (C=O) groups excluding carboxylic acids is 1. The van der Waals surface area contributed by atoms with E-state index in [2.05, 4.69) is 0 Å². The van der Waals surface area contributed by atoms with Crippen molar-refractivity contribution in [2.24, 2.45) is 0 Å². The second-order valence-electron chi connectivity index (χ2n) is 5.49. The highest BCUT2D eigenvalue weighted by atomic mass is 16.5. The Morgan fingerprint density at radius 1 is 1.20 bits per heavy atom. The first-order valence-electron chi connectivity index (χ1n) is 7.73. The van der Waals surface area contributed by atoms with Crippen molar-refractivity contribution in [2.45, 2.75) is 51.5 Å². The molecule has 110 valence electrons. The summed E-state index contributed by atoms with van der Waals surface area (Å²) < 4.78 is 5.57. The fourth-order valence-corrected chi connectivity index (χ4v) is 2.93. The fourth-order valence-electron chi connectivity index (χ4n) is 2.93. The van der Waals surface area contributed by atoms with E-state index in [-0.39, 0.29) is 5.91 Å². The van der Waals surface area contributed by atoms with Crippen molar-refractivity contribution < 1.29 is 9.53 Å². The minimum absolute atomic E-state index is 0.0842. The first-order chi connectivity index (χ1) is 9.74. The van der Waals surface area contributed by atoms with E-state index in [1.54, 1.807) is 0 Å². The first-order valence-corrected chi connectivity index (χ1v) is 7.73. The third kappa shape index (κ3) is 3.53. The van der Waals surface area contributed by atoms with Crippen LogP contribution in [0.1, 0.15) is 55.8 Å². The summed E-state index contributed by atoms with van der Waals surface area (Å²) in [7, 11) is 1.93. The Morgan fingerprint density at radius 2 is 1.85 bits per heavy atom. The largest absolute Gasteiger partial charge is 0.493 e. The van der Waals surface area contributed by atoms with Gasteiger partial charge in [-0.1, -0.05) is 37.8 Å². The molecule has 1 aliphatic carbocycles. The topological polar surface area (TPSA) is 29.5 Å². The molecule has 3 nitrogen and oxygen atoms in total. The van der Waals surface area contributed by atoms with Gasteiger partial charge in [0.1, 0.15) is 5.75 Å². The lowest BCUT2D eigenvalue weighted by molar-refractivity contribution is 0.0713. The Balaban J connectivity index is 2.13. The Hall–Kier alpha value is -1.51. The minimum Gasteiger partial charge on any atom is -0.493 e. The van der Waals surface area contributed by atoms with Crippen LogP contribution in [0.4, 0.5) is 0 Å². The number of ether oxygens (including phenoxy) is 1. The molecule has 0 saturated heterocycles. The maximum absolute atomic E-state index is 12.7. The lowest BCUT2D eigenvalue weighted by Gasteiger charge is -2.28. The van der Waals surface area contributed by atoms with Crippen molar-refractivity contribution in [3.63, 3.8) is 0 Å². The summed E-state index contributed by atoms with van der Waals surface area (Å²) in [6.45, 7) is 2.52. The average molecular weight is 275 g/mol. The minimum atomic E-state index is 0.0842. The quantitative estimate of drug-likeness (QED) is 0.780. The van der Waals surface area contributed by atoms with E-state index in [0.29, 0.717) is 24.0 Å². The third-order valence-corrected chi connectivity index (χ3v) is 4.11. The monoisotopic (exact) mass is 275 g/mol. The predicted octanol–water partition coefficient (Wildman–Crippen LogP) is 3.88. The summed E-state index contributed by atoms with van der Waals surface area (Å²) in [5.41, 5.74) is 0.682. The normalized spacial score (nSPS) is 16.5. The number of amides is 1. The Morgan fingerprint density at radius 3 is 2.50 bits per heavy atom. The highest BCUT2D eigenvalue weighted by Crippen LogP contribution is 2.25. The molecule has 0 aliphatic heterocycles. The molecule has 0 radical (unpaired) electrons. The molecule has 0 spiro atoms. The molecule has 1 aromatic rings. The fraction of sp³-hybridized carbons (Fsp3) is 0.588. The molecule has 3 heteroatoms. The SMILES string of the molecule is CCOc1ccccc1C(=O)N(C)C1CCCCCC1. The second kappa shape index (κ2) is 7.32. The van der Waals surface area contributed by atoms with Crippen molar-refractivity contribution >= 4 is 5.91 Å². The molecule has 20 heavy (non-hydrogen) atoms. The summed E-state index contributed by atoms with van der Waals surface area (Å²) in [6, 6.07) is 7.92. The van der Waals surface area contributed by atoms with Crippen molar-refractivity contribution in [3.05, 3.63) is 29.8 Å². The van der Waals surface area contributed by atoms with Crippen LogP contribution in [0.25, 0.3) is 0 Å². The summed E-state index contributed by atoms with van der Waals surface area (Å²) in [5, 5.41) is 0. The van der Waals surface area contributed by atoms with Gasteiger partial charge in [0, 0.05) is 13.1 Å². The number of rotatable bonds is 4. The zero-order valence-corrected chi connectivity index (χ0v) is 12.6. The van der Waals surface area contributed by atoms with E-state index in [4.69, 9.17) is 4.74 Å². The van der Waals surface area contributed by atoms with Crippen LogP contribution < -0.4 is 4.74 Å². The van der Waals surface area contributed by atoms with E-state index in [1.165, 1.54) is 25.7 Å². The third-order valence-electron chi connectivity index (χ3n) is 4.11. The average Bonchev–Trinajstić information content (AvgIpc) is 2.76. The molecule has 0 bridgehead atoms. The van der Waals surface area contributed by atoms with Gasteiger partial charge in [0.25, 0.3) is 5.91 Å². The van der Waals surface area contributed by atoms with Gasteiger partial charge in [0.15, 0.2) is 0 Å². The van der Waals surface area contributed by atoms with E-state index in [1.807, 2.05) is 43.1 Å². The van der Waals surface area contributed by atoms with Gasteiger partial charge in [0.2, 0.25) is 0 Å². The molecule has 0 aromatic heterocycles. The first kappa shape index (κ1) is 14.9. The summed E-state index contributed by atoms with van der Waals surface area (Å²) in [5.74, 6) is 0.779. The smallest absolute Gasteiger partial charge is 0.257 e. The van der Waals surface area contributed by atoms with Crippen molar-refractivity contribution in [3.8, 4) is 5.75 Å². The van der Waals surface area contributed by atoms with Gasteiger partial charge in [-0.25, -0.2) is 0 Å². The molecule has 0 N–H and O–H groups in total. The van der Waals surface area contributed by atoms with E-state index in [0.717, 1.165) is 12.8 Å². The van der Waals surface area contributed by atoms with Gasteiger partial charge in [-0.05, 0) is 31.9 Å². The zero-order chi connectivity index (χ0) is 14.4. The van der Waals surface area contributed by atoms with Crippen LogP contribution in [0.15, 0.2) is 24.3 Å². The predicted molar refractivity (Wildman–Crippen MR) is 81.2 cm³/mol. The number of benzene rings is 1. The number of hydrogen-bond acceptors (Lipinski definition) is 2. The second-order valence-corrected chi connectivity index (χ2v) is 5.49. The maximum Gasteiger partial charge on any atom is 0.257 e. The van der Waals surface area contributed by atoms with Gasteiger partial charge < -0.3 is 9.64 Å². The summed E-state index contributed by atoms with van der Waals surface area (Å²) in [4.78, 5) is 14.6. The van der Waals surface area contributed by atoms with E-state index < -0.39 is 0 Å². The van der Waals surface area contributed by atoms with E-state index >= 15 is 0 Å². The lowest BCUT2D eigenvalue weighted by atomic mass is 10.1. The van der Waals surface area contributed by atoms with Crippen molar-refractivity contribution in [1.29, 1.82) is 0 Å². The zero-order valence-electron chi connectivity index (χ0n) is 12.6. The van der Waals surface area contributed by atoms with Gasteiger partial charge in [-0.15, -0.1) is 0 Å². The maximum atomic E-state index is 12.7. The van der Waals surface area contributed by atoms with Crippen LogP contribution in [-0.2, 0) is 0 Å². The Kier molecular flexibility index (Phi) is 5.45. The van der Waals surface area contributed by atoms with Gasteiger partial charge in [-0.3, -0.25) is 4.79 Å². The lowest BCUT2D eigenvalue weighted by Crippen LogP contribution is -2.36. The number of nitrogens with zero attached hydrogens (tertiary/aromatic N) is 1. The Bertz CT molecular complexity index is 436. The molecule has 1 aromatic carbocycles. The van der Waals surface area contributed by atoms with Crippen LogP contribution in [-0.4, -0.2) is 30.5 Å². The van der Waals surface area contributed by atoms with Crippen molar-refractivity contribution in [1.82, 2.24) is 4.90 Å². The van der Waals surface area contributed by atoms with Crippen LogP contribution in [0.5, 0.6) is 5.75 Å². The highest BCUT2D eigenvalue weighted by Gasteiger charge is 2.24. The van der Waals surface area contributed by atoms with Gasteiger partial charge >= 0.3 is 0 Å². The number of hydrogen-bond donors (Lipinski definition) is 0. The van der Waals surface area contributed by atoms with Crippen LogP contribution in [0, 0.1) is 0 Å².